The van der Waals surface area contributed by atoms with Gasteiger partial charge in [-0.15, -0.1) is 0 Å². The van der Waals surface area contributed by atoms with Gasteiger partial charge in [-0.3, -0.25) is 9.69 Å². The molecule has 158 valence electrons. The highest BCUT2D eigenvalue weighted by Crippen LogP contribution is 2.27. The van der Waals surface area contributed by atoms with Crippen molar-refractivity contribution in [2.75, 3.05) is 40.0 Å². The van der Waals surface area contributed by atoms with E-state index in [1.807, 2.05) is 30.3 Å². The van der Waals surface area contributed by atoms with Crippen LogP contribution in [0.4, 0.5) is 0 Å². The predicted octanol–water partition coefficient (Wildman–Crippen LogP) is 2.86. The molecule has 1 aliphatic heterocycles. The first-order chi connectivity index (χ1) is 14.7. The minimum atomic E-state index is -0.262. The minimum absolute atomic E-state index is 0.262. The Morgan fingerprint density at radius 3 is 2.67 bits per heavy atom. The molecule has 0 saturated carbocycles. The Morgan fingerprint density at radius 2 is 1.97 bits per heavy atom. The summed E-state index contributed by atoms with van der Waals surface area (Å²) in [5, 5.41) is 4.04. The van der Waals surface area contributed by atoms with E-state index in [1.54, 1.807) is 31.5 Å². The van der Waals surface area contributed by atoms with E-state index in [1.165, 1.54) is 5.56 Å². The highest BCUT2D eigenvalue weighted by Gasteiger charge is 2.11. The van der Waals surface area contributed by atoms with E-state index in [-0.39, 0.29) is 5.91 Å². The number of hydrazone groups is 1. The van der Waals surface area contributed by atoms with Gasteiger partial charge in [-0.2, -0.15) is 5.10 Å². The molecular weight excluding hydrogens is 382 g/mol. The van der Waals surface area contributed by atoms with Gasteiger partial charge in [-0.05, 0) is 41.5 Å². The van der Waals surface area contributed by atoms with Crippen molar-refractivity contribution in [2.45, 2.75) is 6.54 Å². The van der Waals surface area contributed by atoms with Crippen molar-refractivity contribution in [3.8, 4) is 11.5 Å². The topological polar surface area (TPSA) is 72.4 Å². The maximum atomic E-state index is 12.3. The fourth-order valence-corrected chi connectivity index (χ4v) is 3.04. The average molecular weight is 409 g/mol. The van der Waals surface area contributed by atoms with Crippen LogP contribution in [0.25, 0.3) is 0 Å². The molecule has 1 fully saturated rings. The number of benzene rings is 2. The van der Waals surface area contributed by atoms with Crippen LogP contribution in [0.15, 0.2) is 60.2 Å². The van der Waals surface area contributed by atoms with Crippen LogP contribution in [0.1, 0.15) is 21.5 Å². The maximum absolute atomic E-state index is 12.3. The van der Waals surface area contributed by atoms with Gasteiger partial charge >= 0.3 is 0 Å². The second-order valence-corrected chi connectivity index (χ2v) is 6.79. The zero-order chi connectivity index (χ0) is 21.2. The lowest BCUT2D eigenvalue weighted by molar-refractivity contribution is 0.0342. The molecular formula is C23H27N3O4. The van der Waals surface area contributed by atoms with Crippen molar-refractivity contribution >= 4 is 12.1 Å². The molecule has 0 aliphatic carbocycles. The zero-order valence-corrected chi connectivity index (χ0v) is 17.2. The van der Waals surface area contributed by atoms with Crippen molar-refractivity contribution in [3.05, 3.63) is 71.8 Å². The van der Waals surface area contributed by atoms with Crippen molar-refractivity contribution in [1.82, 2.24) is 10.3 Å². The molecule has 2 aromatic carbocycles. The van der Waals surface area contributed by atoms with Gasteiger partial charge in [0.1, 0.15) is 6.61 Å². The molecule has 1 heterocycles. The molecule has 30 heavy (non-hydrogen) atoms. The third kappa shape index (κ3) is 6.17. The molecule has 0 unspecified atom stereocenters. The second kappa shape index (κ2) is 11.1. The molecule has 0 bridgehead atoms. The van der Waals surface area contributed by atoms with E-state index in [0.717, 1.165) is 38.4 Å². The van der Waals surface area contributed by atoms with E-state index in [9.17, 15) is 4.79 Å². The Hall–Kier alpha value is -3.16. The van der Waals surface area contributed by atoms with Crippen molar-refractivity contribution in [3.63, 3.8) is 0 Å². The van der Waals surface area contributed by atoms with Crippen molar-refractivity contribution in [1.29, 1.82) is 0 Å². The van der Waals surface area contributed by atoms with E-state index >= 15 is 0 Å². The maximum Gasteiger partial charge on any atom is 0.271 e. The van der Waals surface area contributed by atoms with Crippen LogP contribution in [-0.2, 0) is 11.3 Å². The summed E-state index contributed by atoms with van der Waals surface area (Å²) in [6.45, 7) is 8.29. The van der Waals surface area contributed by atoms with Gasteiger partial charge in [0, 0.05) is 25.2 Å². The lowest BCUT2D eigenvalue weighted by Gasteiger charge is -2.26. The molecule has 0 atom stereocenters. The first-order valence-corrected chi connectivity index (χ1v) is 9.84. The van der Waals surface area contributed by atoms with Crippen molar-refractivity contribution in [2.24, 2.45) is 5.10 Å². The predicted molar refractivity (Wildman–Crippen MR) is 116 cm³/mol. The third-order valence-corrected chi connectivity index (χ3v) is 4.65. The Kier molecular flexibility index (Phi) is 8.00. The molecule has 3 rings (SSSR count). The highest BCUT2D eigenvalue weighted by molar-refractivity contribution is 5.94. The molecule has 0 aromatic heterocycles. The second-order valence-electron chi connectivity index (χ2n) is 6.79. The zero-order valence-electron chi connectivity index (χ0n) is 17.2. The molecule has 1 aliphatic rings. The molecule has 1 saturated heterocycles. The normalized spacial score (nSPS) is 14.4. The lowest BCUT2D eigenvalue weighted by atomic mass is 10.1. The van der Waals surface area contributed by atoms with Gasteiger partial charge in [0.25, 0.3) is 5.91 Å². The summed E-state index contributed by atoms with van der Waals surface area (Å²) in [6, 6.07) is 13.0. The quantitative estimate of drug-likeness (QED) is 0.392. The standard InChI is InChI=1S/C23H27N3O4/c1-3-12-30-21-9-6-19(15-22(21)28-2)16-24-25-23(27)20-7-4-18(5-8-20)17-26-10-13-29-14-11-26/h3-9,15-16H,1,10-14,17H2,2H3,(H,25,27)/b24-16-. The number of carbonyl (C=O) groups is 1. The SMILES string of the molecule is C=CCOc1ccc(/C=N\NC(=O)c2ccc(CN3CCOCC3)cc2)cc1OC. The number of hydrogen-bond donors (Lipinski definition) is 1. The molecule has 0 radical (unpaired) electrons. The van der Waals surface area contributed by atoms with Gasteiger partial charge in [0.15, 0.2) is 11.5 Å². The molecule has 1 N–H and O–H groups in total. The van der Waals surface area contributed by atoms with Crippen LogP contribution in [-0.4, -0.2) is 57.0 Å². The molecule has 7 heteroatoms. The Morgan fingerprint density at radius 1 is 1.20 bits per heavy atom. The van der Waals surface area contributed by atoms with Gasteiger partial charge in [-0.1, -0.05) is 24.8 Å². The molecule has 7 nitrogen and oxygen atoms in total. The van der Waals surface area contributed by atoms with Crippen LogP contribution in [0, 0.1) is 0 Å². The van der Waals surface area contributed by atoms with Crippen LogP contribution < -0.4 is 14.9 Å². The Bertz CT molecular complexity index is 875. The number of rotatable bonds is 9. The van der Waals surface area contributed by atoms with Gasteiger partial charge in [0.2, 0.25) is 0 Å². The monoisotopic (exact) mass is 409 g/mol. The first-order valence-electron chi connectivity index (χ1n) is 9.84. The van der Waals surface area contributed by atoms with Gasteiger partial charge in [0.05, 0.1) is 26.5 Å². The Labute approximate surface area is 176 Å². The van der Waals surface area contributed by atoms with Gasteiger partial charge < -0.3 is 14.2 Å². The fourth-order valence-electron chi connectivity index (χ4n) is 3.04. The number of amides is 1. The van der Waals surface area contributed by atoms with E-state index in [0.29, 0.717) is 23.7 Å². The third-order valence-electron chi connectivity index (χ3n) is 4.65. The number of methoxy groups -OCH3 is 1. The summed E-state index contributed by atoms with van der Waals surface area (Å²) in [5.74, 6) is 0.945. The van der Waals surface area contributed by atoms with E-state index < -0.39 is 0 Å². The van der Waals surface area contributed by atoms with Gasteiger partial charge in [-0.25, -0.2) is 5.43 Å². The minimum Gasteiger partial charge on any atom is -0.493 e. The molecule has 1 amide bonds. The molecule has 0 spiro atoms. The lowest BCUT2D eigenvalue weighted by Crippen LogP contribution is -2.35. The number of nitrogens with one attached hydrogen (secondary N) is 1. The summed E-state index contributed by atoms with van der Waals surface area (Å²) in [4.78, 5) is 14.7. The summed E-state index contributed by atoms with van der Waals surface area (Å²) >= 11 is 0. The number of morpholine rings is 1. The summed E-state index contributed by atoms with van der Waals surface area (Å²) in [6.07, 6.45) is 3.23. The average Bonchev–Trinajstić information content (AvgIpc) is 2.79. The van der Waals surface area contributed by atoms with Crippen LogP contribution in [0.3, 0.4) is 0 Å². The van der Waals surface area contributed by atoms with Crippen molar-refractivity contribution < 1.29 is 19.0 Å². The van der Waals surface area contributed by atoms with E-state index in [4.69, 9.17) is 14.2 Å². The van der Waals surface area contributed by atoms with Crippen LogP contribution in [0.5, 0.6) is 11.5 Å². The summed E-state index contributed by atoms with van der Waals surface area (Å²) in [5.41, 5.74) is 5.06. The largest absolute Gasteiger partial charge is 0.493 e. The van der Waals surface area contributed by atoms with E-state index in [2.05, 4.69) is 22.0 Å². The number of carbonyl (C=O) groups excluding carboxylic acids is 1. The van der Waals surface area contributed by atoms with Crippen LogP contribution >= 0.6 is 0 Å². The number of ether oxygens (including phenoxy) is 3. The Balaban J connectivity index is 1.54. The summed E-state index contributed by atoms with van der Waals surface area (Å²) in [7, 11) is 1.57. The number of hydrogen-bond acceptors (Lipinski definition) is 6. The molecule has 2 aromatic rings. The number of nitrogens with zero attached hydrogens (tertiary/aromatic N) is 2. The highest BCUT2D eigenvalue weighted by atomic mass is 16.5. The summed E-state index contributed by atoms with van der Waals surface area (Å²) < 4.78 is 16.2. The fraction of sp³-hybridized carbons (Fsp3) is 0.304. The van der Waals surface area contributed by atoms with Crippen LogP contribution in [0.2, 0.25) is 0 Å². The first kappa shape index (κ1) is 21.5. The smallest absolute Gasteiger partial charge is 0.271 e.